The second-order valence-electron chi connectivity index (χ2n) is 2.75. The molecule has 0 aromatic heterocycles. The summed E-state index contributed by atoms with van der Waals surface area (Å²) in [6.45, 7) is 3.79. The van der Waals surface area contributed by atoms with Crippen LogP contribution in [-0.4, -0.2) is 17.3 Å². The highest BCUT2D eigenvalue weighted by Crippen LogP contribution is 2.28. The van der Waals surface area contributed by atoms with Crippen molar-refractivity contribution in [3.8, 4) is 0 Å². The first kappa shape index (κ1) is 7.86. The monoisotopic (exact) mass is 156 g/mol. The molecule has 0 saturated carbocycles. The first-order valence-electron chi connectivity index (χ1n) is 3.49. The minimum atomic E-state index is 0.185. The van der Waals surface area contributed by atoms with Crippen LogP contribution in [0.3, 0.4) is 0 Å². The molecule has 1 heterocycles. The van der Waals surface area contributed by atoms with E-state index >= 15 is 0 Å². The van der Waals surface area contributed by atoms with Gasteiger partial charge in [0, 0.05) is 5.75 Å². The smallest absolute Gasteiger partial charge is 0.152 e. The third-order valence-corrected chi connectivity index (χ3v) is 2.93. The Bertz CT molecular complexity index is 172. The lowest BCUT2D eigenvalue weighted by Crippen LogP contribution is -1.97. The molecular formula is C8H12OS. The van der Waals surface area contributed by atoms with Crippen LogP contribution in [0.4, 0.5) is 0 Å². The lowest BCUT2D eigenvalue weighted by molar-refractivity contribution is -0.112. The maximum absolute atomic E-state index is 10.7. The van der Waals surface area contributed by atoms with E-state index in [-0.39, 0.29) is 5.78 Å². The Morgan fingerprint density at radius 3 is 2.90 bits per heavy atom. The number of carbonyl (C=O) groups excluding carboxylic acids is 1. The van der Waals surface area contributed by atoms with Crippen LogP contribution in [0.2, 0.25) is 0 Å². The third-order valence-electron chi connectivity index (χ3n) is 1.66. The Morgan fingerprint density at radius 2 is 2.50 bits per heavy atom. The van der Waals surface area contributed by atoms with E-state index in [0.29, 0.717) is 5.92 Å². The molecule has 0 N–H and O–H groups in total. The summed E-state index contributed by atoms with van der Waals surface area (Å²) < 4.78 is 0. The number of allylic oxidation sites excluding steroid dienone is 1. The van der Waals surface area contributed by atoms with Gasteiger partial charge in [0.05, 0.1) is 0 Å². The minimum absolute atomic E-state index is 0.185. The van der Waals surface area contributed by atoms with Gasteiger partial charge in [-0.1, -0.05) is 12.5 Å². The lowest BCUT2D eigenvalue weighted by atomic mass is 10.0. The summed E-state index contributed by atoms with van der Waals surface area (Å²) in [6, 6.07) is 0. The van der Waals surface area contributed by atoms with Crippen LogP contribution in [0.5, 0.6) is 0 Å². The van der Waals surface area contributed by atoms with E-state index in [0.717, 1.165) is 5.75 Å². The van der Waals surface area contributed by atoms with E-state index in [1.807, 2.05) is 11.8 Å². The molecule has 0 spiro atoms. The molecule has 10 heavy (non-hydrogen) atoms. The highest BCUT2D eigenvalue weighted by molar-refractivity contribution is 7.99. The fourth-order valence-corrected chi connectivity index (χ4v) is 2.34. The standard InChI is InChI=1S/C8H12OS/c1-6-4-10-5-8(6)3-7(2)9/h3,6H,4-5H2,1-2H3/b8-3-. The third kappa shape index (κ3) is 1.87. The van der Waals surface area contributed by atoms with Crippen molar-refractivity contribution in [1.29, 1.82) is 0 Å². The van der Waals surface area contributed by atoms with Crippen LogP contribution in [0.25, 0.3) is 0 Å². The SMILES string of the molecule is CC(=O)/C=C1/CSCC1C. The summed E-state index contributed by atoms with van der Waals surface area (Å²) in [7, 11) is 0. The summed E-state index contributed by atoms with van der Waals surface area (Å²) in [5, 5.41) is 0. The van der Waals surface area contributed by atoms with E-state index < -0.39 is 0 Å². The van der Waals surface area contributed by atoms with Crippen molar-refractivity contribution in [2.75, 3.05) is 11.5 Å². The zero-order valence-corrected chi connectivity index (χ0v) is 7.20. The zero-order valence-electron chi connectivity index (χ0n) is 6.39. The molecule has 1 unspecified atom stereocenters. The molecule has 0 radical (unpaired) electrons. The Hall–Kier alpha value is -0.240. The van der Waals surface area contributed by atoms with E-state index in [4.69, 9.17) is 0 Å². The van der Waals surface area contributed by atoms with Crippen molar-refractivity contribution >= 4 is 17.5 Å². The van der Waals surface area contributed by atoms with Crippen molar-refractivity contribution in [1.82, 2.24) is 0 Å². The van der Waals surface area contributed by atoms with Gasteiger partial charge in [-0.05, 0) is 24.7 Å². The Labute approximate surface area is 65.9 Å². The van der Waals surface area contributed by atoms with Gasteiger partial charge in [-0.15, -0.1) is 0 Å². The van der Waals surface area contributed by atoms with Gasteiger partial charge in [0.15, 0.2) is 5.78 Å². The van der Waals surface area contributed by atoms with Crippen molar-refractivity contribution in [3.05, 3.63) is 11.6 Å². The molecule has 0 aromatic carbocycles. The van der Waals surface area contributed by atoms with Crippen molar-refractivity contribution < 1.29 is 4.79 Å². The highest BCUT2D eigenvalue weighted by atomic mass is 32.2. The molecule has 1 nitrogen and oxygen atoms in total. The Balaban J connectivity index is 2.62. The molecule has 56 valence electrons. The van der Waals surface area contributed by atoms with E-state index in [1.54, 1.807) is 13.0 Å². The lowest BCUT2D eigenvalue weighted by Gasteiger charge is -1.99. The van der Waals surface area contributed by atoms with Crippen LogP contribution >= 0.6 is 11.8 Å². The number of rotatable bonds is 1. The molecule has 0 bridgehead atoms. The minimum Gasteiger partial charge on any atom is -0.295 e. The highest BCUT2D eigenvalue weighted by Gasteiger charge is 2.16. The van der Waals surface area contributed by atoms with Gasteiger partial charge in [0.25, 0.3) is 0 Å². The number of hydrogen-bond acceptors (Lipinski definition) is 2. The normalized spacial score (nSPS) is 29.4. The average Bonchev–Trinajstić information content (AvgIpc) is 2.15. The van der Waals surface area contributed by atoms with Gasteiger partial charge >= 0.3 is 0 Å². The van der Waals surface area contributed by atoms with Crippen LogP contribution in [0.15, 0.2) is 11.6 Å². The second-order valence-corrected chi connectivity index (χ2v) is 3.78. The molecule has 0 aromatic rings. The van der Waals surface area contributed by atoms with Crippen molar-refractivity contribution in [3.63, 3.8) is 0 Å². The van der Waals surface area contributed by atoms with Gasteiger partial charge in [-0.2, -0.15) is 11.8 Å². The summed E-state index contributed by atoms with van der Waals surface area (Å²) in [4.78, 5) is 10.7. The summed E-state index contributed by atoms with van der Waals surface area (Å²) in [5.41, 5.74) is 1.32. The average molecular weight is 156 g/mol. The summed E-state index contributed by atoms with van der Waals surface area (Å²) in [6.07, 6.45) is 1.78. The molecule has 0 aliphatic carbocycles. The fourth-order valence-electron chi connectivity index (χ4n) is 1.05. The van der Waals surface area contributed by atoms with Gasteiger partial charge in [-0.3, -0.25) is 4.79 Å². The molecule has 1 saturated heterocycles. The van der Waals surface area contributed by atoms with Gasteiger partial charge < -0.3 is 0 Å². The van der Waals surface area contributed by atoms with E-state index in [9.17, 15) is 4.79 Å². The first-order valence-corrected chi connectivity index (χ1v) is 4.64. The Kier molecular flexibility index (Phi) is 2.55. The topological polar surface area (TPSA) is 17.1 Å². The summed E-state index contributed by atoms with van der Waals surface area (Å²) >= 11 is 1.91. The number of ketones is 1. The molecule has 1 fully saturated rings. The molecule has 0 amide bonds. The van der Waals surface area contributed by atoms with Gasteiger partial charge in [0.1, 0.15) is 0 Å². The molecule has 1 atom stereocenters. The first-order chi connectivity index (χ1) is 4.70. The van der Waals surface area contributed by atoms with E-state index in [2.05, 4.69) is 6.92 Å². The quantitative estimate of drug-likeness (QED) is 0.539. The van der Waals surface area contributed by atoms with Crippen LogP contribution in [0.1, 0.15) is 13.8 Å². The maximum Gasteiger partial charge on any atom is 0.152 e. The second kappa shape index (κ2) is 3.24. The predicted molar refractivity (Wildman–Crippen MR) is 45.3 cm³/mol. The maximum atomic E-state index is 10.7. The Morgan fingerprint density at radius 1 is 1.80 bits per heavy atom. The zero-order chi connectivity index (χ0) is 7.56. The molecule has 1 rings (SSSR count). The van der Waals surface area contributed by atoms with E-state index in [1.165, 1.54) is 11.3 Å². The molecular weight excluding hydrogens is 144 g/mol. The fraction of sp³-hybridized carbons (Fsp3) is 0.625. The largest absolute Gasteiger partial charge is 0.295 e. The van der Waals surface area contributed by atoms with Crippen molar-refractivity contribution in [2.45, 2.75) is 13.8 Å². The molecule has 2 heteroatoms. The number of thioether (sulfide) groups is 1. The van der Waals surface area contributed by atoms with Gasteiger partial charge in [0.2, 0.25) is 0 Å². The number of hydrogen-bond donors (Lipinski definition) is 0. The van der Waals surface area contributed by atoms with Crippen molar-refractivity contribution in [2.24, 2.45) is 5.92 Å². The number of carbonyl (C=O) groups is 1. The van der Waals surface area contributed by atoms with Gasteiger partial charge in [-0.25, -0.2) is 0 Å². The molecule has 1 aliphatic rings. The van der Waals surface area contributed by atoms with Crippen LogP contribution in [-0.2, 0) is 4.79 Å². The van der Waals surface area contributed by atoms with Crippen LogP contribution in [0, 0.1) is 5.92 Å². The summed E-state index contributed by atoms with van der Waals surface area (Å²) in [5.74, 6) is 3.04. The predicted octanol–water partition coefficient (Wildman–Crippen LogP) is 1.88. The van der Waals surface area contributed by atoms with Crippen LogP contribution < -0.4 is 0 Å². The molecule has 1 aliphatic heterocycles.